The average Bonchev–Trinajstić information content (AvgIpc) is 3.84. The zero-order chi connectivity index (χ0) is 40.6. The summed E-state index contributed by atoms with van der Waals surface area (Å²) in [5.74, 6) is 0. The number of rotatable bonds is 2. The first-order valence-corrected chi connectivity index (χ1v) is 21.5. The first-order chi connectivity index (χ1) is 26.2. The molecule has 0 aliphatic heterocycles. The van der Waals surface area contributed by atoms with E-state index < -0.39 is 0 Å². The summed E-state index contributed by atoms with van der Waals surface area (Å²) in [7, 11) is 0. The minimum atomic E-state index is 0. The third kappa shape index (κ3) is 10.8. The van der Waals surface area contributed by atoms with Crippen LogP contribution < -0.4 is 0 Å². The third-order valence-corrected chi connectivity index (χ3v) is 12.3. The third-order valence-electron chi connectivity index (χ3n) is 10.9. The maximum atomic E-state index is 2.99. The molecule has 0 bridgehead atoms. The summed E-state index contributed by atoms with van der Waals surface area (Å²) < 4.78 is 1.41. The van der Waals surface area contributed by atoms with Crippen molar-refractivity contribution in [2.24, 2.45) is 0 Å². The Morgan fingerprint density at radius 3 is 1.16 bits per heavy atom. The predicted molar refractivity (Wildman–Crippen MR) is 259 cm³/mol. The van der Waals surface area contributed by atoms with Gasteiger partial charge in [-0.2, -0.15) is 6.08 Å². The average molecular weight is 885 g/mol. The fraction of sp³-hybridized carbons (Fsp3) is 0.309. The van der Waals surface area contributed by atoms with E-state index in [-0.39, 0.29) is 46.5 Å². The summed E-state index contributed by atoms with van der Waals surface area (Å²) in [5.41, 5.74) is 9.06. The van der Waals surface area contributed by atoms with E-state index >= 15 is 0 Å². The predicted octanol–water partition coefficient (Wildman–Crippen LogP) is 16.2. The molecule has 8 rings (SSSR count). The fourth-order valence-electron chi connectivity index (χ4n) is 7.78. The Hall–Kier alpha value is -3.48. The summed E-state index contributed by atoms with van der Waals surface area (Å²) >= 11 is 1.44. The molecule has 0 amide bonds. The van der Waals surface area contributed by atoms with Crippen LogP contribution in [-0.4, -0.2) is 3.21 Å². The molecule has 0 saturated carbocycles. The summed E-state index contributed by atoms with van der Waals surface area (Å²) in [6, 6.07) is 42.9. The molecular formula is C55H62Cl2Zr. The molecule has 7 aromatic rings. The van der Waals surface area contributed by atoms with Gasteiger partial charge in [0.1, 0.15) is 0 Å². The topological polar surface area (TPSA) is 0 Å². The second-order valence-corrected chi connectivity index (χ2v) is 20.8. The Balaban J connectivity index is 0.000000227. The van der Waals surface area contributed by atoms with Crippen LogP contribution in [0.1, 0.15) is 123 Å². The second-order valence-electron chi connectivity index (χ2n) is 19.6. The first-order valence-electron chi connectivity index (χ1n) is 20.2. The molecule has 0 heterocycles. The van der Waals surface area contributed by atoms with Crippen LogP contribution in [-0.2, 0) is 45.9 Å². The quantitative estimate of drug-likeness (QED) is 0.152. The Morgan fingerprint density at radius 2 is 0.845 bits per heavy atom. The normalized spacial score (nSPS) is 12.8. The van der Waals surface area contributed by atoms with Crippen molar-refractivity contribution in [1.82, 2.24) is 0 Å². The molecule has 300 valence electrons. The Kier molecular flexibility index (Phi) is 15.0. The molecule has 58 heavy (non-hydrogen) atoms. The van der Waals surface area contributed by atoms with E-state index in [2.05, 4.69) is 210 Å². The summed E-state index contributed by atoms with van der Waals surface area (Å²) in [6.45, 7) is 28.0. The van der Waals surface area contributed by atoms with Gasteiger partial charge in [-0.15, -0.1) is 71.0 Å². The van der Waals surface area contributed by atoms with Crippen molar-refractivity contribution in [1.29, 1.82) is 0 Å². The minimum absolute atomic E-state index is 0. The van der Waals surface area contributed by atoms with Crippen molar-refractivity contribution in [2.45, 2.75) is 111 Å². The zero-order valence-electron chi connectivity index (χ0n) is 36.7. The van der Waals surface area contributed by atoms with Gasteiger partial charge in [0.2, 0.25) is 0 Å². The van der Waals surface area contributed by atoms with E-state index in [0.717, 1.165) is 6.42 Å². The van der Waals surface area contributed by atoms with Gasteiger partial charge in [0.15, 0.2) is 0 Å². The molecule has 0 spiro atoms. The zero-order valence-corrected chi connectivity index (χ0v) is 40.8. The molecule has 0 nitrogen and oxygen atoms in total. The first kappa shape index (κ1) is 47.2. The molecule has 0 N–H and O–H groups in total. The van der Waals surface area contributed by atoms with Gasteiger partial charge in [-0.1, -0.05) is 117 Å². The van der Waals surface area contributed by atoms with Crippen molar-refractivity contribution >= 4 is 71.1 Å². The Bertz CT molecular complexity index is 2430. The van der Waals surface area contributed by atoms with Gasteiger partial charge in [0.05, 0.1) is 0 Å². The standard InChI is InChI=1S/C29H41.C21H14.C5H5.2ClH.Zr/c1-26(2,3)22-14-18-13-19-15-23(27(4,5)6)25(29(10,11)12)17-21(19)20(18)16-24(22)28(7,8)9;1-3-7-20-14-16(9-11-18(20)5-1)13-17-10-12-19-6-2-4-8-21(19)15-17;1-2-4-5-3-1;;;/h13-17H,1-12H3;1-12,14-15H;1-3H,4H2;2*1H;/q-1;;-1;;;+2. The monoisotopic (exact) mass is 882 g/mol. The molecule has 1 aliphatic carbocycles. The van der Waals surface area contributed by atoms with Crippen LogP contribution in [0.3, 0.4) is 0 Å². The molecule has 0 fully saturated rings. The Morgan fingerprint density at radius 1 is 0.483 bits per heavy atom. The van der Waals surface area contributed by atoms with Crippen LogP contribution in [0, 0.1) is 6.08 Å². The molecule has 0 atom stereocenters. The molecule has 0 radical (unpaired) electrons. The van der Waals surface area contributed by atoms with Crippen molar-refractivity contribution in [3.8, 4) is 0 Å². The van der Waals surface area contributed by atoms with Crippen LogP contribution in [0.25, 0.3) is 43.1 Å². The molecule has 0 saturated heterocycles. The van der Waals surface area contributed by atoms with Gasteiger partial charge in [-0.05, 0) is 21.7 Å². The summed E-state index contributed by atoms with van der Waals surface area (Å²) in [5, 5.41) is 10.8. The molecule has 0 aromatic heterocycles. The van der Waals surface area contributed by atoms with Gasteiger partial charge >= 0.3 is 145 Å². The van der Waals surface area contributed by atoms with E-state index in [1.807, 2.05) is 12.2 Å². The van der Waals surface area contributed by atoms with Gasteiger partial charge in [0, 0.05) is 0 Å². The van der Waals surface area contributed by atoms with Crippen LogP contribution in [0.5, 0.6) is 0 Å². The second kappa shape index (κ2) is 18.4. The fourth-order valence-corrected chi connectivity index (χ4v) is 8.55. The van der Waals surface area contributed by atoms with Crippen LogP contribution in [0.4, 0.5) is 0 Å². The Labute approximate surface area is 376 Å². The molecule has 1 aliphatic rings. The van der Waals surface area contributed by atoms with Crippen LogP contribution in [0.15, 0.2) is 133 Å². The van der Waals surface area contributed by atoms with E-state index in [1.165, 1.54) is 104 Å². The van der Waals surface area contributed by atoms with Crippen molar-refractivity contribution in [3.05, 3.63) is 173 Å². The number of fused-ring (bicyclic) bond motifs is 5. The van der Waals surface area contributed by atoms with Crippen LogP contribution in [0.2, 0.25) is 0 Å². The molecular weight excluding hydrogens is 823 g/mol. The number of benzene rings is 6. The molecule has 0 unspecified atom stereocenters. The summed E-state index contributed by atoms with van der Waals surface area (Å²) in [6.07, 6.45) is 10.0. The van der Waals surface area contributed by atoms with Crippen molar-refractivity contribution < 1.29 is 24.2 Å². The van der Waals surface area contributed by atoms with E-state index in [0.29, 0.717) is 0 Å². The SMILES string of the molecule is CC(C)(C)c1cc2[cH-]c3cc(C(C)(C)C)c(C(C)(C)C)cc3c2cc1C(C)(C)C.Cl.Cl.[C-]1=CC=CC1.[Zr+2]=[C](c1ccc2ccccc2c1)c1ccc2ccccc2c1. The maximum absolute atomic E-state index is 2.99. The van der Waals surface area contributed by atoms with Crippen molar-refractivity contribution in [3.63, 3.8) is 0 Å². The van der Waals surface area contributed by atoms with Crippen molar-refractivity contribution in [2.75, 3.05) is 0 Å². The van der Waals surface area contributed by atoms with Gasteiger partial charge in [-0.3, -0.25) is 6.08 Å². The van der Waals surface area contributed by atoms with Gasteiger partial charge in [-0.25, -0.2) is 12.2 Å². The van der Waals surface area contributed by atoms with E-state index in [9.17, 15) is 0 Å². The van der Waals surface area contributed by atoms with E-state index in [4.69, 9.17) is 0 Å². The number of hydrogen-bond acceptors (Lipinski definition) is 0. The summed E-state index contributed by atoms with van der Waals surface area (Å²) in [4.78, 5) is 0. The number of allylic oxidation sites excluding steroid dienone is 4. The van der Waals surface area contributed by atoms with E-state index in [1.54, 1.807) is 0 Å². The van der Waals surface area contributed by atoms with Gasteiger partial charge < -0.3 is 0 Å². The molecule has 3 heteroatoms. The molecule has 7 aromatic carbocycles. The van der Waals surface area contributed by atoms with Crippen LogP contribution >= 0.6 is 24.8 Å². The number of halogens is 2. The van der Waals surface area contributed by atoms with Gasteiger partial charge in [0.25, 0.3) is 0 Å². The number of hydrogen-bond donors (Lipinski definition) is 0.